The minimum absolute atomic E-state index is 0.0358. The number of benzene rings is 1. The fraction of sp³-hybridized carbons (Fsp3) is 0.650. The summed E-state index contributed by atoms with van der Waals surface area (Å²) in [6, 6.07) is 6.93. The second kappa shape index (κ2) is 11.3. The highest BCUT2D eigenvalue weighted by Crippen LogP contribution is 2.17. The fourth-order valence-corrected chi connectivity index (χ4v) is 3.89. The number of sulfone groups is 1. The fourth-order valence-electron chi connectivity index (χ4n) is 3.26. The predicted molar refractivity (Wildman–Crippen MR) is 107 cm³/mol. The zero-order valence-corrected chi connectivity index (χ0v) is 17.0. The van der Waals surface area contributed by atoms with Crippen molar-refractivity contribution < 1.29 is 17.9 Å². The van der Waals surface area contributed by atoms with Crippen molar-refractivity contribution in [2.75, 3.05) is 26.0 Å². The van der Waals surface area contributed by atoms with Crippen molar-refractivity contribution >= 4 is 15.7 Å². The average Bonchev–Trinajstić information content (AvgIpc) is 2.91. The molecule has 0 aliphatic heterocycles. The molecule has 1 aliphatic rings. The monoisotopic (exact) mass is 396 g/mol. The second-order valence-corrected chi connectivity index (χ2v) is 9.20. The minimum atomic E-state index is -3.19. The van der Waals surface area contributed by atoms with Gasteiger partial charge in [0.2, 0.25) is 5.91 Å². The van der Waals surface area contributed by atoms with E-state index >= 15 is 0 Å². The standard InChI is InChI=1S/C20H32N2O4S/c1-27(24,25)19-12-10-18(11-13-19)26-16-6-9-20(23)22-15-14-21-17-7-4-2-3-5-8-17/h10-13,17,21H,2-9,14-16H2,1H3,(H,22,23). The Labute approximate surface area is 163 Å². The van der Waals surface area contributed by atoms with Crippen LogP contribution in [0.15, 0.2) is 29.2 Å². The zero-order valence-electron chi connectivity index (χ0n) is 16.2. The topological polar surface area (TPSA) is 84.5 Å². The number of ether oxygens (including phenoxy) is 1. The molecule has 27 heavy (non-hydrogen) atoms. The molecular formula is C20H32N2O4S. The molecule has 7 heteroatoms. The molecule has 2 rings (SSSR count). The number of hydrogen-bond acceptors (Lipinski definition) is 5. The van der Waals surface area contributed by atoms with E-state index in [1.807, 2.05) is 0 Å². The predicted octanol–water partition coefficient (Wildman–Crippen LogP) is 2.68. The van der Waals surface area contributed by atoms with Crippen molar-refractivity contribution in [1.29, 1.82) is 0 Å². The largest absolute Gasteiger partial charge is 0.494 e. The highest BCUT2D eigenvalue weighted by atomic mass is 32.2. The summed E-state index contributed by atoms with van der Waals surface area (Å²) in [6.45, 7) is 1.90. The van der Waals surface area contributed by atoms with Crippen LogP contribution in [0.25, 0.3) is 0 Å². The summed E-state index contributed by atoms with van der Waals surface area (Å²) in [5.74, 6) is 0.643. The normalized spacial score (nSPS) is 15.9. The van der Waals surface area contributed by atoms with Gasteiger partial charge in [0.25, 0.3) is 0 Å². The Morgan fingerprint density at radius 1 is 1.07 bits per heavy atom. The average molecular weight is 397 g/mol. The van der Waals surface area contributed by atoms with Crippen LogP contribution in [0.2, 0.25) is 0 Å². The van der Waals surface area contributed by atoms with Gasteiger partial charge < -0.3 is 15.4 Å². The van der Waals surface area contributed by atoms with Crippen LogP contribution in [0.3, 0.4) is 0 Å². The maximum atomic E-state index is 11.9. The van der Waals surface area contributed by atoms with Crippen molar-refractivity contribution in [3.63, 3.8) is 0 Å². The molecule has 0 heterocycles. The van der Waals surface area contributed by atoms with E-state index in [-0.39, 0.29) is 10.8 Å². The van der Waals surface area contributed by atoms with Crippen LogP contribution in [0, 0.1) is 0 Å². The van der Waals surface area contributed by atoms with Crippen molar-refractivity contribution in [2.45, 2.75) is 62.3 Å². The molecule has 1 aromatic rings. The van der Waals surface area contributed by atoms with Gasteiger partial charge in [-0.1, -0.05) is 25.7 Å². The third-order valence-electron chi connectivity index (χ3n) is 4.80. The van der Waals surface area contributed by atoms with Crippen LogP contribution in [0.4, 0.5) is 0 Å². The smallest absolute Gasteiger partial charge is 0.220 e. The van der Waals surface area contributed by atoms with E-state index in [1.165, 1.54) is 56.9 Å². The van der Waals surface area contributed by atoms with Gasteiger partial charge in [0.05, 0.1) is 11.5 Å². The molecule has 1 fully saturated rings. The Kier molecular flexibility index (Phi) is 9.07. The van der Waals surface area contributed by atoms with Gasteiger partial charge in [-0.3, -0.25) is 4.79 Å². The van der Waals surface area contributed by atoms with Crippen molar-refractivity contribution in [1.82, 2.24) is 10.6 Å². The Morgan fingerprint density at radius 2 is 1.74 bits per heavy atom. The summed E-state index contributed by atoms with van der Waals surface area (Å²) in [6.07, 6.45) is 10.0. The van der Waals surface area contributed by atoms with E-state index in [2.05, 4.69) is 10.6 Å². The minimum Gasteiger partial charge on any atom is -0.494 e. The molecule has 1 aliphatic carbocycles. The molecule has 0 atom stereocenters. The summed E-state index contributed by atoms with van der Waals surface area (Å²) in [7, 11) is -3.19. The van der Waals surface area contributed by atoms with E-state index in [0.29, 0.717) is 37.8 Å². The zero-order chi connectivity index (χ0) is 19.5. The number of carbonyl (C=O) groups is 1. The van der Waals surface area contributed by atoms with Crippen molar-refractivity contribution in [3.05, 3.63) is 24.3 Å². The maximum Gasteiger partial charge on any atom is 0.220 e. The van der Waals surface area contributed by atoms with Gasteiger partial charge >= 0.3 is 0 Å². The van der Waals surface area contributed by atoms with Gasteiger partial charge in [-0.15, -0.1) is 0 Å². The Bertz CT molecular complexity index is 666. The molecule has 1 saturated carbocycles. The van der Waals surface area contributed by atoms with Crippen molar-refractivity contribution in [3.8, 4) is 5.75 Å². The van der Waals surface area contributed by atoms with Gasteiger partial charge in [0, 0.05) is 31.8 Å². The Morgan fingerprint density at radius 3 is 2.37 bits per heavy atom. The molecule has 0 spiro atoms. The molecule has 0 unspecified atom stereocenters. The third-order valence-corrected chi connectivity index (χ3v) is 5.93. The summed E-state index contributed by atoms with van der Waals surface area (Å²) >= 11 is 0. The van der Waals surface area contributed by atoms with Gasteiger partial charge in [-0.25, -0.2) is 8.42 Å². The summed E-state index contributed by atoms with van der Waals surface area (Å²) < 4.78 is 28.4. The van der Waals surface area contributed by atoms with E-state index in [9.17, 15) is 13.2 Å². The lowest BCUT2D eigenvalue weighted by Gasteiger charge is -2.16. The van der Waals surface area contributed by atoms with Crippen LogP contribution in [0.1, 0.15) is 51.4 Å². The number of amides is 1. The van der Waals surface area contributed by atoms with Crippen LogP contribution in [0.5, 0.6) is 5.75 Å². The number of rotatable bonds is 10. The molecule has 1 amide bonds. The van der Waals surface area contributed by atoms with Crippen LogP contribution in [-0.4, -0.2) is 46.3 Å². The van der Waals surface area contributed by atoms with E-state index in [1.54, 1.807) is 12.1 Å². The molecule has 0 aromatic heterocycles. The maximum absolute atomic E-state index is 11.9. The summed E-state index contributed by atoms with van der Waals surface area (Å²) in [5, 5.41) is 6.48. The number of nitrogens with one attached hydrogen (secondary N) is 2. The van der Waals surface area contributed by atoms with Crippen LogP contribution >= 0.6 is 0 Å². The summed E-state index contributed by atoms with van der Waals surface area (Å²) in [5.41, 5.74) is 0. The third kappa shape index (κ3) is 8.75. The highest BCUT2D eigenvalue weighted by Gasteiger charge is 2.11. The molecule has 0 bridgehead atoms. The van der Waals surface area contributed by atoms with E-state index in [4.69, 9.17) is 4.74 Å². The molecule has 0 saturated heterocycles. The van der Waals surface area contributed by atoms with E-state index in [0.717, 1.165) is 6.54 Å². The lowest BCUT2D eigenvalue weighted by molar-refractivity contribution is -0.121. The number of hydrogen-bond donors (Lipinski definition) is 2. The van der Waals surface area contributed by atoms with E-state index < -0.39 is 9.84 Å². The molecule has 2 N–H and O–H groups in total. The molecule has 152 valence electrons. The lowest BCUT2D eigenvalue weighted by atomic mass is 10.1. The highest BCUT2D eigenvalue weighted by molar-refractivity contribution is 7.90. The molecule has 6 nitrogen and oxygen atoms in total. The first-order valence-corrected chi connectivity index (χ1v) is 11.8. The first-order chi connectivity index (χ1) is 12.9. The van der Waals surface area contributed by atoms with Gasteiger partial charge in [0.1, 0.15) is 5.75 Å². The SMILES string of the molecule is CS(=O)(=O)c1ccc(OCCCC(=O)NCCNC2CCCCCC2)cc1. The quantitative estimate of drug-likeness (QED) is 0.469. The first kappa shape index (κ1) is 21.7. The van der Waals surface area contributed by atoms with Crippen molar-refractivity contribution in [2.24, 2.45) is 0 Å². The van der Waals surface area contributed by atoms with Gasteiger partial charge in [-0.05, 0) is 43.5 Å². The molecular weight excluding hydrogens is 364 g/mol. The first-order valence-electron chi connectivity index (χ1n) is 9.88. The van der Waals surface area contributed by atoms with Crippen LogP contribution in [-0.2, 0) is 14.6 Å². The Hall–Kier alpha value is -1.60. The summed E-state index contributed by atoms with van der Waals surface area (Å²) in [4.78, 5) is 12.1. The van der Waals surface area contributed by atoms with Gasteiger partial charge in [-0.2, -0.15) is 0 Å². The lowest BCUT2D eigenvalue weighted by Crippen LogP contribution is -2.36. The van der Waals surface area contributed by atoms with Gasteiger partial charge in [0.15, 0.2) is 9.84 Å². The number of carbonyl (C=O) groups excluding carboxylic acids is 1. The second-order valence-electron chi connectivity index (χ2n) is 7.19. The Balaban J connectivity index is 1.53. The van der Waals surface area contributed by atoms with Crippen LogP contribution < -0.4 is 15.4 Å². The molecule has 0 radical (unpaired) electrons. The molecule has 1 aromatic carbocycles.